The summed E-state index contributed by atoms with van der Waals surface area (Å²) in [7, 11) is 0. The summed E-state index contributed by atoms with van der Waals surface area (Å²) >= 11 is 6.04. The van der Waals surface area contributed by atoms with E-state index >= 15 is 0 Å². The summed E-state index contributed by atoms with van der Waals surface area (Å²) in [6, 6.07) is 7.93. The molecule has 112 valence electrons. The lowest BCUT2D eigenvalue weighted by atomic mass is 10.0. The van der Waals surface area contributed by atoms with Crippen molar-refractivity contribution in [2.45, 2.75) is 38.2 Å². The Hall–Kier alpha value is -1.36. The standard InChI is InChI=1S/C16H19ClN2O2/c1-13-10-20-16(21-13,11-19-8-7-18-12-19)6-5-14-3-2-4-15(17)9-14/h2-4,7-9,12-13H,5-6,10-11H2,1H3. The molecule has 4 nitrogen and oxygen atoms in total. The van der Waals surface area contributed by atoms with Gasteiger partial charge in [0.15, 0.2) is 5.79 Å². The van der Waals surface area contributed by atoms with Crippen LogP contribution in [0.3, 0.4) is 0 Å². The highest BCUT2D eigenvalue weighted by atomic mass is 35.5. The van der Waals surface area contributed by atoms with Crippen LogP contribution < -0.4 is 0 Å². The van der Waals surface area contributed by atoms with Crippen LogP contribution >= 0.6 is 11.6 Å². The third kappa shape index (κ3) is 3.64. The Morgan fingerprint density at radius 1 is 1.48 bits per heavy atom. The van der Waals surface area contributed by atoms with Crippen LogP contribution in [0.2, 0.25) is 5.02 Å². The van der Waals surface area contributed by atoms with Crippen LogP contribution in [0.25, 0.3) is 0 Å². The number of rotatable bonds is 5. The molecule has 2 aromatic rings. The SMILES string of the molecule is CC1COC(CCc2cccc(Cl)c2)(Cn2ccnc2)O1. The van der Waals surface area contributed by atoms with Crippen LogP contribution in [0, 0.1) is 0 Å². The number of halogens is 1. The second-order valence-corrected chi connectivity index (χ2v) is 5.95. The Bertz CT molecular complexity index is 588. The minimum atomic E-state index is -0.581. The topological polar surface area (TPSA) is 36.3 Å². The fraction of sp³-hybridized carbons (Fsp3) is 0.438. The van der Waals surface area contributed by atoms with Gasteiger partial charge in [-0.2, -0.15) is 0 Å². The van der Waals surface area contributed by atoms with E-state index < -0.39 is 5.79 Å². The highest BCUT2D eigenvalue weighted by Crippen LogP contribution is 2.30. The molecule has 1 aromatic carbocycles. The predicted molar refractivity (Wildman–Crippen MR) is 81.2 cm³/mol. The van der Waals surface area contributed by atoms with Crippen molar-refractivity contribution in [3.63, 3.8) is 0 Å². The highest BCUT2D eigenvalue weighted by molar-refractivity contribution is 6.30. The minimum Gasteiger partial charge on any atom is -0.345 e. The first-order valence-electron chi connectivity index (χ1n) is 7.17. The Balaban J connectivity index is 1.71. The molecule has 0 saturated carbocycles. The van der Waals surface area contributed by atoms with Crippen LogP contribution in [-0.2, 0) is 22.4 Å². The van der Waals surface area contributed by atoms with Crippen molar-refractivity contribution in [2.75, 3.05) is 6.61 Å². The fourth-order valence-electron chi connectivity index (χ4n) is 2.68. The van der Waals surface area contributed by atoms with Crippen LogP contribution in [0.1, 0.15) is 18.9 Å². The number of benzene rings is 1. The Morgan fingerprint density at radius 3 is 3.05 bits per heavy atom. The van der Waals surface area contributed by atoms with Crippen LogP contribution in [0.4, 0.5) is 0 Å². The zero-order chi connectivity index (χ0) is 14.7. The average Bonchev–Trinajstić information content (AvgIpc) is 3.08. The molecule has 5 heteroatoms. The van der Waals surface area contributed by atoms with E-state index in [9.17, 15) is 0 Å². The second-order valence-electron chi connectivity index (χ2n) is 5.52. The molecule has 0 amide bonds. The number of imidazole rings is 1. The van der Waals surface area contributed by atoms with Crippen molar-refractivity contribution in [2.24, 2.45) is 0 Å². The van der Waals surface area contributed by atoms with Gasteiger partial charge in [0.25, 0.3) is 0 Å². The highest BCUT2D eigenvalue weighted by Gasteiger charge is 2.39. The zero-order valence-corrected chi connectivity index (χ0v) is 12.8. The van der Waals surface area contributed by atoms with Crippen molar-refractivity contribution in [1.82, 2.24) is 9.55 Å². The zero-order valence-electron chi connectivity index (χ0n) is 12.0. The van der Waals surface area contributed by atoms with E-state index in [2.05, 4.69) is 11.1 Å². The van der Waals surface area contributed by atoms with E-state index in [-0.39, 0.29) is 6.10 Å². The smallest absolute Gasteiger partial charge is 0.187 e. The summed E-state index contributed by atoms with van der Waals surface area (Å²) in [5.74, 6) is -0.581. The maximum atomic E-state index is 6.07. The van der Waals surface area contributed by atoms with E-state index in [0.29, 0.717) is 13.2 Å². The molecule has 2 unspecified atom stereocenters. The predicted octanol–water partition coefficient (Wildman–Crippen LogP) is 3.30. The van der Waals surface area contributed by atoms with E-state index in [1.165, 1.54) is 5.56 Å². The maximum absolute atomic E-state index is 6.07. The van der Waals surface area contributed by atoms with Gasteiger partial charge in [-0.3, -0.25) is 0 Å². The molecule has 1 aliphatic heterocycles. The largest absolute Gasteiger partial charge is 0.345 e. The van der Waals surface area contributed by atoms with E-state index in [1.807, 2.05) is 35.9 Å². The van der Waals surface area contributed by atoms with Gasteiger partial charge in [0.1, 0.15) is 0 Å². The van der Waals surface area contributed by atoms with Crippen molar-refractivity contribution in [3.05, 3.63) is 53.6 Å². The first-order chi connectivity index (χ1) is 10.2. The number of nitrogens with zero attached hydrogens (tertiary/aromatic N) is 2. The van der Waals surface area contributed by atoms with Gasteiger partial charge in [0.05, 0.1) is 25.6 Å². The van der Waals surface area contributed by atoms with Crippen LogP contribution in [-0.4, -0.2) is 28.0 Å². The molecule has 21 heavy (non-hydrogen) atoms. The lowest BCUT2D eigenvalue weighted by Crippen LogP contribution is -2.36. The Kier molecular flexibility index (Phi) is 4.29. The quantitative estimate of drug-likeness (QED) is 0.850. The van der Waals surface area contributed by atoms with Gasteiger partial charge in [-0.1, -0.05) is 23.7 Å². The molecule has 0 radical (unpaired) electrons. The van der Waals surface area contributed by atoms with Crippen molar-refractivity contribution in [3.8, 4) is 0 Å². The number of hydrogen-bond donors (Lipinski definition) is 0. The maximum Gasteiger partial charge on any atom is 0.187 e. The van der Waals surface area contributed by atoms with Gasteiger partial charge in [-0.15, -0.1) is 0 Å². The van der Waals surface area contributed by atoms with Crippen LogP contribution in [0.15, 0.2) is 43.0 Å². The van der Waals surface area contributed by atoms with Gasteiger partial charge in [-0.25, -0.2) is 4.98 Å². The summed E-state index contributed by atoms with van der Waals surface area (Å²) in [4.78, 5) is 4.08. The molecule has 1 aromatic heterocycles. The normalized spacial score (nSPS) is 25.3. The first-order valence-corrected chi connectivity index (χ1v) is 7.55. The number of aryl methyl sites for hydroxylation is 1. The molecule has 1 aliphatic rings. The third-order valence-electron chi connectivity index (χ3n) is 3.66. The molecule has 0 N–H and O–H groups in total. The Morgan fingerprint density at radius 2 is 2.38 bits per heavy atom. The van der Waals surface area contributed by atoms with E-state index in [1.54, 1.807) is 12.5 Å². The van der Waals surface area contributed by atoms with Gasteiger partial charge in [0, 0.05) is 23.8 Å². The average molecular weight is 307 g/mol. The fourth-order valence-corrected chi connectivity index (χ4v) is 2.90. The molecule has 2 atom stereocenters. The second kappa shape index (κ2) is 6.18. The number of aromatic nitrogens is 2. The van der Waals surface area contributed by atoms with Gasteiger partial charge >= 0.3 is 0 Å². The monoisotopic (exact) mass is 306 g/mol. The summed E-state index contributed by atoms with van der Waals surface area (Å²) in [6.07, 6.45) is 7.25. The van der Waals surface area contributed by atoms with Crippen molar-refractivity contribution >= 4 is 11.6 Å². The first kappa shape index (κ1) is 14.6. The number of hydrogen-bond acceptors (Lipinski definition) is 3. The van der Waals surface area contributed by atoms with Crippen molar-refractivity contribution < 1.29 is 9.47 Å². The molecular weight excluding hydrogens is 288 g/mol. The Labute approximate surface area is 129 Å². The molecule has 0 spiro atoms. The summed E-state index contributed by atoms with van der Waals surface area (Å²) < 4.78 is 14.0. The van der Waals surface area contributed by atoms with Gasteiger partial charge < -0.3 is 14.0 Å². The molecule has 1 fully saturated rings. The third-order valence-corrected chi connectivity index (χ3v) is 3.90. The number of ether oxygens (including phenoxy) is 2. The molecular formula is C16H19ClN2O2. The van der Waals surface area contributed by atoms with Gasteiger partial charge in [0.2, 0.25) is 0 Å². The van der Waals surface area contributed by atoms with Gasteiger partial charge in [-0.05, 0) is 31.0 Å². The summed E-state index contributed by atoms with van der Waals surface area (Å²) in [5, 5.41) is 0.762. The lowest BCUT2D eigenvalue weighted by Gasteiger charge is -2.28. The molecule has 1 saturated heterocycles. The van der Waals surface area contributed by atoms with Crippen LogP contribution in [0.5, 0.6) is 0 Å². The van der Waals surface area contributed by atoms with Crippen molar-refractivity contribution in [1.29, 1.82) is 0 Å². The molecule has 0 bridgehead atoms. The molecule has 3 rings (SSSR count). The summed E-state index contributed by atoms with van der Waals surface area (Å²) in [6.45, 7) is 3.32. The minimum absolute atomic E-state index is 0.118. The van der Waals surface area contributed by atoms with E-state index in [0.717, 1.165) is 17.9 Å². The molecule has 2 heterocycles. The molecule has 0 aliphatic carbocycles. The summed E-state index contributed by atoms with van der Waals surface area (Å²) in [5.41, 5.74) is 1.19. The lowest BCUT2D eigenvalue weighted by molar-refractivity contribution is -0.180. The van der Waals surface area contributed by atoms with E-state index in [4.69, 9.17) is 21.1 Å².